The Kier molecular flexibility index (Phi) is 4.43. The van der Waals surface area contributed by atoms with Gasteiger partial charge in [-0.3, -0.25) is 0 Å². The summed E-state index contributed by atoms with van der Waals surface area (Å²) in [6, 6.07) is 17.4. The Morgan fingerprint density at radius 2 is 1.95 bits per heavy atom. The molecule has 0 amide bonds. The van der Waals surface area contributed by atoms with Gasteiger partial charge in [-0.25, -0.2) is 0 Å². The average molecular weight is 272 g/mol. The molecule has 2 aromatic carbocycles. The van der Waals surface area contributed by atoms with Crippen molar-refractivity contribution in [1.82, 2.24) is 0 Å². The number of rotatable bonds is 4. The Labute approximate surface area is 118 Å². The van der Waals surface area contributed by atoms with Gasteiger partial charge < -0.3 is 4.74 Å². The van der Waals surface area contributed by atoms with Crippen molar-refractivity contribution in [1.29, 1.82) is 5.26 Å². The molecule has 0 aliphatic rings. The van der Waals surface area contributed by atoms with Crippen molar-refractivity contribution in [3.05, 3.63) is 64.7 Å². The van der Waals surface area contributed by atoms with Gasteiger partial charge in [0, 0.05) is 5.02 Å². The van der Waals surface area contributed by atoms with Crippen LogP contribution in [0.15, 0.2) is 48.5 Å². The van der Waals surface area contributed by atoms with E-state index in [-0.39, 0.29) is 5.92 Å². The molecule has 0 spiro atoms. The second kappa shape index (κ2) is 6.26. The molecule has 0 fully saturated rings. The first kappa shape index (κ1) is 13.5. The highest BCUT2D eigenvalue weighted by molar-refractivity contribution is 6.31. The van der Waals surface area contributed by atoms with Crippen LogP contribution in [0.2, 0.25) is 5.02 Å². The molecule has 0 heterocycles. The predicted octanol–water partition coefficient (Wildman–Crippen LogP) is 4.39. The summed E-state index contributed by atoms with van der Waals surface area (Å²) in [6.45, 7) is 2.51. The number of ether oxygens (including phenoxy) is 1. The molecule has 3 heteroatoms. The number of nitrogens with zero attached hydrogens (tertiary/aromatic N) is 1. The molecule has 2 aromatic rings. The molecule has 0 bridgehead atoms. The van der Waals surface area contributed by atoms with Gasteiger partial charge in [-0.15, -0.1) is 0 Å². The summed E-state index contributed by atoms with van der Waals surface area (Å²) in [6.07, 6.45) is 0. The van der Waals surface area contributed by atoms with Crippen LogP contribution in [0.25, 0.3) is 0 Å². The first-order valence-electron chi connectivity index (χ1n) is 6.13. The molecule has 96 valence electrons. The second-order valence-electron chi connectivity index (χ2n) is 4.09. The molecule has 1 atom stereocenters. The van der Waals surface area contributed by atoms with Crippen LogP contribution in [-0.2, 0) is 0 Å². The molecule has 2 rings (SSSR count). The van der Waals surface area contributed by atoms with Crippen LogP contribution in [-0.4, -0.2) is 6.61 Å². The number of nitriles is 1. The van der Waals surface area contributed by atoms with Gasteiger partial charge in [0.15, 0.2) is 0 Å². The fourth-order valence-electron chi connectivity index (χ4n) is 1.97. The van der Waals surface area contributed by atoms with Crippen molar-refractivity contribution in [3.63, 3.8) is 0 Å². The van der Waals surface area contributed by atoms with E-state index in [9.17, 15) is 5.26 Å². The van der Waals surface area contributed by atoms with E-state index in [2.05, 4.69) is 6.07 Å². The third-order valence-electron chi connectivity index (χ3n) is 2.86. The zero-order chi connectivity index (χ0) is 13.7. The number of hydrogen-bond acceptors (Lipinski definition) is 2. The van der Waals surface area contributed by atoms with E-state index in [0.717, 1.165) is 16.9 Å². The standard InChI is InChI=1S/C16H14ClNO/c1-2-19-13-8-9-14(16(17)10-13)15(11-18)12-6-4-3-5-7-12/h3-10,15H,2H2,1H3. The van der Waals surface area contributed by atoms with Gasteiger partial charge >= 0.3 is 0 Å². The van der Waals surface area contributed by atoms with Crippen molar-refractivity contribution < 1.29 is 4.74 Å². The third-order valence-corrected chi connectivity index (χ3v) is 3.18. The van der Waals surface area contributed by atoms with Crippen LogP contribution >= 0.6 is 11.6 Å². The zero-order valence-corrected chi connectivity index (χ0v) is 11.4. The Hall–Kier alpha value is -1.98. The van der Waals surface area contributed by atoms with E-state index in [0.29, 0.717) is 11.6 Å². The topological polar surface area (TPSA) is 33.0 Å². The first-order valence-corrected chi connectivity index (χ1v) is 6.51. The number of benzene rings is 2. The highest BCUT2D eigenvalue weighted by Crippen LogP contribution is 2.32. The lowest BCUT2D eigenvalue weighted by atomic mass is 9.92. The van der Waals surface area contributed by atoms with E-state index in [1.54, 1.807) is 6.07 Å². The van der Waals surface area contributed by atoms with E-state index in [1.807, 2.05) is 49.4 Å². The van der Waals surface area contributed by atoms with Crippen molar-refractivity contribution in [3.8, 4) is 11.8 Å². The molecule has 0 N–H and O–H groups in total. The molecule has 2 nitrogen and oxygen atoms in total. The van der Waals surface area contributed by atoms with Gasteiger partial charge in [0.25, 0.3) is 0 Å². The van der Waals surface area contributed by atoms with E-state index >= 15 is 0 Å². The lowest BCUT2D eigenvalue weighted by Gasteiger charge is -2.13. The highest BCUT2D eigenvalue weighted by Gasteiger charge is 2.16. The van der Waals surface area contributed by atoms with Crippen LogP contribution in [0.3, 0.4) is 0 Å². The van der Waals surface area contributed by atoms with Crippen LogP contribution < -0.4 is 4.74 Å². The quantitative estimate of drug-likeness (QED) is 0.826. The maximum Gasteiger partial charge on any atom is 0.120 e. The van der Waals surface area contributed by atoms with Crippen molar-refractivity contribution in [2.75, 3.05) is 6.61 Å². The minimum absolute atomic E-state index is 0.357. The third kappa shape index (κ3) is 3.07. The molecule has 19 heavy (non-hydrogen) atoms. The van der Waals surface area contributed by atoms with Gasteiger partial charge in [-0.05, 0) is 30.2 Å². The fourth-order valence-corrected chi connectivity index (χ4v) is 2.25. The monoisotopic (exact) mass is 271 g/mol. The van der Waals surface area contributed by atoms with E-state index in [1.165, 1.54) is 0 Å². The van der Waals surface area contributed by atoms with Crippen molar-refractivity contribution in [2.24, 2.45) is 0 Å². The molecule has 0 radical (unpaired) electrons. The summed E-state index contributed by atoms with van der Waals surface area (Å²) in [5.74, 6) is 0.366. The Bertz CT molecular complexity index is 589. The predicted molar refractivity (Wildman–Crippen MR) is 76.5 cm³/mol. The fraction of sp³-hybridized carbons (Fsp3) is 0.188. The van der Waals surface area contributed by atoms with Crippen LogP contribution in [0, 0.1) is 11.3 Å². The molecular weight excluding hydrogens is 258 g/mol. The second-order valence-corrected chi connectivity index (χ2v) is 4.50. The minimum atomic E-state index is -0.357. The van der Waals surface area contributed by atoms with Gasteiger partial charge in [0.05, 0.1) is 18.6 Å². The number of halogens is 1. The summed E-state index contributed by atoms with van der Waals surface area (Å²) in [4.78, 5) is 0. The summed E-state index contributed by atoms with van der Waals surface area (Å²) in [5.41, 5.74) is 1.75. The highest BCUT2D eigenvalue weighted by atomic mass is 35.5. The molecule has 0 aliphatic carbocycles. The minimum Gasteiger partial charge on any atom is -0.494 e. The van der Waals surface area contributed by atoms with E-state index in [4.69, 9.17) is 16.3 Å². The smallest absolute Gasteiger partial charge is 0.120 e. The normalized spacial score (nSPS) is 11.6. The molecule has 0 aromatic heterocycles. The van der Waals surface area contributed by atoms with Gasteiger partial charge in [-0.2, -0.15) is 5.26 Å². The Morgan fingerprint density at radius 3 is 2.53 bits per heavy atom. The lowest BCUT2D eigenvalue weighted by molar-refractivity contribution is 0.340. The molecule has 1 unspecified atom stereocenters. The Balaban J connectivity index is 2.37. The van der Waals surface area contributed by atoms with Gasteiger partial charge in [-0.1, -0.05) is 48.0 Å². The largest absolute Gasteiger partial charge is 0.494 e. The average Bonchev–Trinajstić information content (AvgIpc) is 2.43. The maximum absolute atomic E-state index is 9.39. The molecule has 0 saturated heterocycles. The molecular formula is C16H14ClNO. The molecule has 0 aliphatic heterocycles. The SMILES string of the molecule is CCOc1ccc(C(C#N)c2ccccc2)c(Cl)c1. The van der Waals surface area contributed by atoms with Crippen LogP contribution in [0.4, 0.5) is 0 Å². The maximum atomic E-state index is 9.39. The van der Waals surface area contributed by atoms with Gasteiger partial charge in [0.1, 0.15) is 5.75 Å². The van der Waals surface area contributed by atoms with Crippen LogP contribution in [0.1, 0.15) is 24.0 Å². The van der Waals surface area contributed by atoms with Crippen LogP contribution in [0.5, 0.6) is 5.75 Å². The molecule has 0 saturated carbocycles. The van der Waals surface area contributed by atoms with Crippen molar-refractivity contribution in [2.45, 2.75) is 12.8 Å². The number of hydrogen-bond donors (Lipinski definition) is 0. The zero-order valence-electron chi connectivity index (χ0n) is 10.6. The lowest BCUT2D eigenvalue weighted by Crippen LogP contribution is -2.00. The first-order chi connectivity index (χ1) is 9.26. The summed E-state index contributed by atoms with van der Waals surface area (Å²) in [5, 5.41) is 9.95. The summed E-state index contributed by atoms with van der Waals surface area (Å²) < 4.78 is 5.39. The van der Waals surface area contributed by atoms with E-state index < -0.39 is 0 Å². The van der Waals surface area contributed by atoms with Crippen molar-refractivity contribution >= 4 is 11.6 Å². The summed E-state index contributed by atoms with van der Waals surface area (Å²) >= 11 is 6.26. The van der Waals surface area contributed by atoms with Gasteiger partial charge in [0.2, 0.25) is 0 Å². The summed E-state index contributed by atoms with van der Waals surface area (Å²) in [7, 11) is 0. The Morgan fingerprint density at radius 1 is 1.21 bits per heavy atom.